The Labute approximate surface area is 179 Å². The third kappa shape index (κ3) is 4.20. The lowest BCUT2D eigenvalue weighted by atomic mass is 9.95. The van der Waals surface area contributed by atoms with E-state index in [0.717, 1.165) is 42.9 Å². The minimum absolute atomic E-state index is 0.155. The van der Waals surface area contributed by atoms with Crippen LogP contribution >= 0.6 is 0 Å². The highest BCUT2D eigenvalue weighted by Gasteiger charge is 2.29. The van der Waals surface area contributed by atoms with Gasteiger partial charge in [-0.25, -0.2) is 9.97 Å². The molecule has 7 nitrogen and oxygen atoms in total. The summed E-state index contributed by atoms with van der Waals surface area (Å²) in [5.74, 6) is 1.52. The fourth-order valence-corrected chi connectivity index (χ4v) is 4.90. The molecule has 0 saturated heterocycles. The summed E-state index contributed by atoms with van der Waals surface area (Å²) in [5, 5.41) is 14.0. The minimum atomic E-state index is 0.155. The number of nitriles is 1. The molecule has 2 atom stereocenters. The number of ether oxygens (including phenoxy) is 1. The van der Waals surface area contributed by atoms with Crippen LogP contribution in [-0.2, 0) is 11.2 Å². The van der Waals surface area contributed by atoms with Crippen molar-refractivity contribution in [2.45, 2.75) is 77.3 Å². The molecule has 0 radical (unpaired) electrons. The standard InChI is InChI=1S/C23H32N6O/c1-3-12-30-16-28-17(2)8-9-20-22(25-15-26-23(20)28)19-13-27-29(14-19)21(10-11-24)18-6-4-5-7-18/h13-15,17-18,21H,3-10,12,16H2,1-2H3. The van der Waals surface area contributed by atoms with Crippen molar-refractivity contribution in [3.8, 4) is 17.3 Å². The Bertz CT molecular complexity index is 882. The van der Waals surface area contributed by atoms with E-state index in [1.807, 2.05) is 10.9 Å². The average molecular weight is 409 g/mol. The first-order valence-electron chi connectivity index (χ1n) is 11.3. The van der Waals surface area contributed by atoms with Gasteiger partial charge < -0.3 is 9.64 Å². The van der Waals surface area contributed by atoms with E-state index in [9.17, 15) is 5.26 Å². The van der Waals surface area contributed by atoms with Crippen molar-refractivity contribution >= 4 is 5.82 Å². The predicted molar refractivity (Wildman–Crippen MR) is 116 cm³/mol. The van der Waals surface area contributed by atoms with E-state index < -0.39 is 0 Å². The van der Waals surface area contributed by atoms with Crippen LogP contribution in [0.3, 0.4) is 0 Å². The highest BCUT2D eigenvalue weighted by Crippen LogP contribution is 2.38. The van der Waals surface area contributed by atoms with Gasteiger partial charge in [0.15, 0.2) is 0 Å². The zero-order valence-electron chi connectivity index (χ0n) is 18.1. The molecule has 2 aliphatic rings. The van der Waals surface area contributed by atoms with E-state index in [1.165, 1.54) is 31.2 Å². The van der Waals surface area contributed by atoms with E-state index in [1.54, 1.807) is 6.33 Å². The highest BCUT2D eigenvalue weighted by atomic mass is 16.5. The molecule has 0 amide bonds. The van der Waals surface area contributed by atoms with Gasteiger partial charge >= 0.3 is 0 Å². The third-order valence-corrected chi connectivity index (χ3v) is 6.58. The summed E-state index contributed by atoms with van der Waals surface area (Å²) in [4.78, 5) is 11.5. The molecule has 0 bridgehead atoms. The molecule has 160 valence electrons. The minimum Gasteiger partial charge on any atom is -0.361 e. The molecule has 0 spiro atoms. The predicted octanol–water partition coefficient (Wildman–Crippen LogP) is 4.51. The highest BCUT2D eigenvalue weighted by molar-refractivity contribution is 5.68. The maximum absolute atomic E-state index is 9.35. The van der Waals surface area contributed by atoms with Crippen molar-refractivity contribution in [3.63, 3.8) is 0 Å². The topological polar surface area (TPSA) is 79.9 Å². The van der Waals surface area contributed by atoms with Crippen molar-refractivity contribution in [1.29, 1.82) is 5.26 Å². The smallest absolute Gasteiger partial charge is 0.137 e. The summed E-state index contributed by atoms with van der Waals surface area (Å²) >= 11 is 0. The van der Waals surface area contributed by atoms with Gasteiger partial charge in [-0.3, -0.25) is 4.68 Å². The maximum Gasteiger partial charge on any atom is 0.137 e. The van der Waals surface area contributed by atoms with Crippen molar-refractivity contribution in [1.82, 2.24) is 19.7 Å². The molecule has 1 aliphatic heterocycles. The average Bonchev–Trinajstić information content (AvgIpc) is 3.46. The summed E-state index contributed by atoms with van der Waals surface area (Å²) < 4.78 is 7.84. The quantitative estimate of drug-likeness (QED) is 0.598. The molecule has 2 aromatic rings. The zero-order valence-corrected chi connectivity index (χ0v) is 18.1. The Morgan fingerprint density at radius 1 is 1.27 bits per heavy atom. The Morgan fingerprint density at radius 3 is 2.87 bits per heavy atom. The molecule has 1 aliphatic carbocycles. The van der Waals surface area contributed by atoms with Crippen molar-refractivity contribution in [2.24, 2.45) is 5.92 Å². The maximum atomic E-state index is 9.35. The van der Waals surface area contributed by atoms with Crippen LogP contribution in [0.5, 0.6) is 0 Å². The lowest BCUT2D eigenvalue weighted by molar-refractivity contribution is 0.127. The van der Waals surface area contributed by atoms with Gasteiger partial charge in [0.25, 0.3) is 0 Å². The summed E-state index contributed by atoms with van der Waals surface area (Å²) in [7, 11) is 0. The van der Waals surface area contributed by atoms with Gasteiger partial charge in [-0.15, -0.1) is 0 Å². The van der Waals surface area contributed by atoms with E-state index in [0.29, 0.717) is 25.1 Å². The molecule has 0 N–H and O–H groups in total. The molecular formula is C23H32N6O. The molecule has 3 heterocycles. The lowest BCUT2D eigenvalue weighted by Gasteiger charge is -2.35. The van der Waals surface area contributed by atoms with Crippen LogP contribution in [0.25, 0.3) is 11.3 Å². The van der Waals surface area contributed by atoms with Crippen LogP contribution in [0.4, 0.5) is 5.82 Å². The van der Waals surface area contributed by atoms with Crippen molar-refractivity contribution in [3.05, 3.63) is 24.3 Å². The van der Waals surface area contributed by atoms with Gasteiger partial charge in [-0.2, -0.15) is 10.4 Å². The van der Waals surface area contributed by atoms with Crippen LogP contribution in [0.1, 0.15) is 70.4 Å². The zero-order chi connectivity index (χ0) is 20.9. The Hall–Kier alpha value is -2.46. The molecule has 2 aromatic heterocycles. The Balaban J connectivity index is 1.62. The van der Waals surface area contributed by atoms with E-state index >= 15 is 0 Å². The number of nitrogens with zero attached hydrogens (tertiary/aromatic N) is 6. The molecule has 7 heteroatoms. The Morgan fingerprint density at radius 2 is 2.10 bits per heavy atom. The molecule has 4 rings (SSSR count). The van der Waals surface area contributed by atoms with Gasteiger partial charge in [0.2, 0.25) is 0 Å². The van der Waals surface area contributed by atoms with Gasteiger partial charge in [-0.1, -0.05) is 19.8 Å². The van der Waals surface area contributed by atoms with E-state index in [4.69, 9.17) is 4.74 Å². The van der Waals surface area contributed by atoms with Crippen LogP contribution in [0.15, 0.2) is 18.7 Å². The number of hydrogen-bond acceptors (Lipinski definition) is 6. The van der Waals surface area contributed by atoms with Gasteiger partial charge in [-0.05, 0) is 44.9 Å². The summed E-state index contributed by atoms with van der Waals surface area (Å²) in [6, 6.07) is 2.92. The molecule has 1 saturated carbocycles. The number of hydrogen-bond donors (Lipinski definition) is 0. The van der Waals surface area contributed by atoms with E-state index in [2.05, 4.69) is 46.1 Å². The van der Waals surface area contributed by atoms with Crippen molar-refractivity contribution in [2.75, 3.05) is 18.2 Å². The normalized spacial score (nSPS) is 20.2. The van der Waals surface area contributed by atoms with Crippen LogP contribution in [0, 0.1) is 17.2 Å². The number of rotatable bonds is 8. The van der Waals surface area contributed by atoms with Gasteiger partial charge in [0.1, 0.15) is 18.9 Å². The lowest BCUT2D eigenvalue weighted by Crippen LogP contribution is -2.40. The first-order valence-corrected chi connectivity index (χ1v) is 11.3. The number of fused-ring (bicyclic) bond motifs is 1. The number of aromatic nitrogens is 4. The van der Waals surface area contributed by atoms with Crippen LogP contribution in [-0.4, -0.2) is 39.1 Å². The fourth-order valence-electron chi connectivity index (χ4n) is 4.90. The first kappa shape index (κ1) is 20.8. The SMILES string of the molecule is CCCOCN1c2ncnc(-c3cnn(C(CC#N)C4CCCC4)c3)c2CCC1C. The second-order valence-electron chi connectivity index (χ2n) is 8.60. The monoisotopic (exact) mass is 408 g/mol. The number of anilines is 1. The largest absolute Gasteiger partial charge is 0.361 e. The van der Waals surface area contributed by atoms with E-state index in [-0.39, 0.29) is 6.04 Å². The summed E-state index contributed by atoms with van der Waals surface area (Å²) in [6.07, 6.45) is 14.0. The summed E-state index contributed by atoms with van der Waals surface area (Å²) in [6.45, 7) is 5.66. The van der Waals surface area contributed by atoms with Crippen LogP contribution in [0.2, 0.25) is 0 Å². The van der Waals surface area contributed by atoms with Gasteiger partial charge in [0, 0.05) is 30.0 Å². The van der Waals surface area contributed by atoms with Crippen LogP contribution < -0.4 is 4.90 Å². The fraction of sp³-hybridized carbons (Fsp3) is 0.652. The summed E-state index contributed by atoms with van der Waals surface area (Å²) in [5.41, 5.74) is 3.15. The van der Waals surface area contributed by atoms with Crippen molar-refractivity contribution < 1.29 is 4.74 Å². The second-order valence-corrected chi connectivity index (χ2v) is 8.60. The third-order valence-electron chi connectivity index (χ3n) is 6.58. The first-order chi connectivity index (χ1) is 14.7. The molecule has 2 unspecified atom stereocenters. The molecule has 30 heavy (non-hydrogen) atoms. The molecule has 1 fully saturated rings. The van der Waals surface area contributed by atoms with Gasteiger partial charge in [0.05, 0.1) is 30.4 Å². The second kappa shape index (κ2) is 9.57. The molecular weight excluding hydrogens is 376 g/mol. The molecule has 0 aromatic carbocycles. The Kier molecular flexibility index (Phi) is 6.63.